The number of rotatable bonds is 2. The lowest BCUT2D eigenvalue weighted by Gasteiger charge is -2.37. The van der Waals surface area contributed by atoms with Crippen molar-refractivity contribution in [1.82, 2.24) is 9.55 Å². The molecule has 2 rings (SSSR count). The van der Waals surface area contributed by atoms with E-state index in [1.807, 2.05) is 11.8 Å². The summed E-state index contributed by atoms with van der Waals surface area (Å²) in [5.41, 5.74) is 5.89. The van der Waals surface area contributed by atoms with Crippen molar-refractivity contribution in [2.24, 2.45) is 12.8 Å². The summed E-state index contributed by atoms with van der Waals surface area (Å²) in [6.07, 6.45) is 3.18. The van der Waals surface area contributed by atoms with Crippen molar-refractivity contribution in [3.63, 3.8) is 0 Å². The highest BCUT2D eigenvalue weighted by molar-refractivity contribution is 5.55. The molecule has 2 N–H and O–H groups in total. The number of aryl methyl sites for hydroxylation is 1. The number of anilines is 1. The van der Waals surface area contributed by atoms with E-state index in [4.69, 9.17) is 5.73 Å². The Balaban J connectivity index is 2.33. The largest absolute Gasteiger partial charge is 0.406 e. The number of hydrogen-bond acceptors (Lipinski definition) is 5. The Hall–Kier alpha value is -1.63. The van der Waals surface area contributed by atoms with Gasteiger partial charge in [-0.25, -0.2) is 0 Å². The second-order valence-electron chi connectivity index (χ2n) is 4.59. The summed E-state index contributed by atoms with van der Waals surface area (Å²) in [4.78, 5) is 16.4. The fourth-order valence-corrected chi connectivity index (χ4v) is 2.39. The summed E-state index contributed by atoms with van der Waals surface area (Å²) in [5.74, 6) is 0.504. The predicted molar refractivity (Wildman–Crippen MR) is 63.9 cm³/mol. The molecule has 2 unspecified atom stereocenters. The molecule has 7 heteroatoms. The Bertz CT molecular complexity index is 430. The second kappa shape index (κ2) is 4.33. The van der Waals surface area contributed by atoms with E-state index in [-0.39, 0.29) is 17.9 Å². The quantitative estimate of drug-likeness (QED) is 0.604. The van der Waals surface area contributed by atoms with Crippen LogP contribution in [0.25, 0.3) is 0 Å². The number of nitrogens with two attached hydrogens (primary N) is 1. The first-order valence-corrected chi connectivity index (χ1v) is 5.68. The molecule has 1 aromatic heterocycles. The standard InChI is InChI=1S/C10H17N5O2/c1-7-5-8(11)3-4-14(7)10-9(15(16)17)12-6-13(10)2/h6-8H,3-5,11H2,1-2H3. The molecular formula is C10H17N5O2. The van der Waals surface area contributed by atoms with Crippen molar-refractivity contribution in [3.05, 3.63) is 16.4 Å². The van der Waals surface area contributed by atoms with E-state index >= 15 is 0 Å². The van der Waals surface area contributed by atoms with Crippen LogP contribution in [-0.2, 0) is 7.05 Å². The molecule has 1 aromatic rings. The average Bonchev–Trinajstić information content (AvgIpc) is 2.60. The van der Waals surface area contributed by atoms with Gasteiger partial charge in [-0.1, -0.05) is 0 Å². The zero-order valence-corrected chi connectivity index (χ0v) is 10.0. The normalized spacial score (nSPS) is 25.0. The molecule has 0 aromatic carbocycles. The predicted octanol–water partition coefficient (Wildman–Crippen LogP) is 0.644. The third-order valence-corrected chi connectivity index (χ3v) is 3.25. The lowest BCUT2D eigenvalue weighted by atomic mass is 9.99. The summed E-state index contributed by atoms with van der Waals surface area (Å²) in [5, 5.41) is 10.9. The zero-order valence-electron chi connectivity index (χ0n) is 10.0. The molecule has 0 radical (unpaired) electrons. The van der Waals surface area contributed by atoms with Crippen LogP contribution >= 0.6 is 0 Å². The lowest BCUT2D eigenvalue weighted by molar-refractivity contribution is -0.388. The molecule has 1 saturated heterocycles. The monoisotopic (exact) mass is 239 g/mol. The Morgan fingerprint density at radius 2 is 2.35 bits per heavy atom. The van der Waals surface area contributed by atoms with Crippen LogP contribution in [0.5, 0.6) is 0 Å². The molecule has 1 aliphatic heterocycles. The zero-order chi connectivity index (χ0) is 12.6. The van der Waals surface area contributed by atoms with Gasteiger partial charge in [0, 0.05) is 25.7 Å². The van der Waals surface area contributed by atoms with Crippen LogP contribution in [0.1, 0.15) is 19.8 Å². The first-order valence-electron chi connectivity index (χ1n) is 5.68. The van der Waals surface area contributed by atoms with Crippen LogP contribution in [0.15, 0.2) is 6.33 Å². The third-order valence-electron chi connectivity index (χ3n) is 3.25. The van der Waals surface area contributed by atoms with E-state index in [1.54, 1.807) is 11.6 Å². The first kappa shape index (κ1) is 11.8. The number of nitrogens with zero attached hydrogens (tertiary/aromatic N) is 4. The van der Waals surface area contributed by atoms with Gasteiger partial charge in [0.25, 0.3) is 0 Å². The van der Waals surface area contributed by atoms with Crippen LogP contribution in [0.4, 0.5) is 11.6 Å². The van der Waals surface area contributed by atoms with Gasteiger partial charge in [0.05, 0.1) is 0 Å². The molecule has 0 amide bonds. The summed E-state index contributed by atoms with van der Waals surface area (Å²) < 4.78 is 1.70. The molecule has 7 nitrogen and oxygen atoms in total. The van der Waals surface area contributed by atoms with Gasteiger partial charge < -0.3 is 20.7 Å². The molecule has 0 aliphatic carbocycles. The minimum absolute atomic E-state index is 0.0742. The SMILES string of the molecule is CC1CC(N)CCN1c1c([N+](=O)[O-])ncn1C. The van der Waals surface area contributed by atoms with Crippen molar-refractivity contribution in [3.8, 4) is 0 Å². The van der Waals surface area contributed by atoms with E-state index in [1.165, 1.54) is 6.33 Å². The van der Waals surface area contributed by atoms with Gasteiger partial charge in [-0.05, 0) is 29.7 Å². The highest BCUT2D eigenvalue weighted by Gasteiger charge is 2.31. The molecule has 0 bridgehead atoms. The topological polar surface area (TPSA) is 90.2 Å². The van der Waals surface area contributed by atoms with E-state index in [0.717, 1.165) is 19.4 Å². The number of imidazole rings is 1. The van der Waals surface area contributed by atoms with E-state index < -0.39 is 4.92 Å². The Labute approximate surface area is 99.4 Å². The Kier molecular flexibility index (Phi) is 3.01. The summed E-state index contributed by atoms with van der Waals surface area (Å²) in [6, 6.07) is 0.390. The van der Waals surface area contributed by atoms with Crippen LogP contribution in [0.2, 0.25) is 0 Å². The average molecular weight is 239 g/mol. The first-order chi connectivity index (χ1) is 8.00. The van der Waals surface area contributed by atoms with Gasteiger partial charge >= 0.3 is 5.82 Å². The maximum Gasteiger partial charge on any atom is 0.406 e. The van der Waals surface area contributed by atoms with Gasteiger partial charge in [0.1, 0.15) is 0 Å². The molecule has 1 fully saturated rings. The molecule has 2 atom stereocenters. The van der Waals surface area contributed by atoms with Crippen molar-refractivity contribution in [2.75, 3.05) is 11.4 Å². The van der Waals surface area contributed by atoms with Crippen LogP contribution < -0.4 is 10.6 Å². The van der Waals surface area contributed by atoms with Crippen molar-refractivity contribution in [2.45, 2.75) is 31.8 Å². The van der Waals surface area contributed by atoms with Crippen molar-refractivity contribution < 1.29 is 4.92 Å². The van der Waals surface area contributed by atoms with Gasteiger partial charge in [-0.2, -0.15) is 0 Å². The molecule has 1 aliphatic rings. The van der Waals surface area contributed by atoms with Gasteiger partial charge in [-0.3, -0.25) is 4.57 Å². The summed E-state index contributed by atoms with van der Waals surface area (Å²) >= 11 is 0. The third kappa shape index (κ3) is 2.10. The lowest BCUT2D eigenvalue weighted by Crippen LogP contribution is -2.46. The highest BCUT2D eigenvalue weighted by atomic mass is 16.6. The van der Waals surface area contributed by atoms with Gasteiger partial charge in [-0.15, -0.1) is 0 Å². The molecule has 0 spiro atoms. The minimum Gasteiger partial charge on any atom is -0.358 e. The van der Waals surface area contributed by atoms with E-state index in [2.05, 4.69) is 4.98 Å². The molecule has 17 heavy (non-hydrogen) atoms. The van der Waals surface area contributed by atoms with Gasteiger partial charge in [0.2, 0.25) is 12.1 Å². The van der Waals surface area contributed by atoms with Crippen molar-refractivity contribution in [1.29, 1.82) is 0 Å². The second-order valence-corrected chi connectivity index (χ2v) is 4.59. The van der Waals surface area contributed by atoms with Crippen molar-refractivity contribution >= 4 is 11.6 Å². The van der Waals surface area contributed by atoms with Crippen LogP contribution in [-0.4, -0.2) is 33.1 Å². The van der Waals surface area contributed by atoms with Crippen LogP contribution in [0, 0.1) is 10.1 Å². The van der Waals surface area contributed by atoms with Gasteiger partial charge in [0.15, 0.2) is 0 Å². The van der Waals surface area contributed by atoms with Crippen LogP contribution in [0.3, 0.4) is 0 Å². The fraction of sp³-hybridized carbons (Fsp3) is 0.700. The smallest absolute Gasteiger partial charge is 0.358 e. The Morgan fingerprint density at radius 1 is 1.65 bits per heavy atom. The summed E-state index contributed by atoms with van der Waals surface area (Å²) in [7, 11) is 1.77. The molecule has 94 valence electrons. The number of nitro groups is 1. The molecular weight excluding hydrogens is 222 g/mol. The number of aromatic nitrogens is 2. The molecule has 0 saturated carbocycles. The maximum absolute atomic E-state index is 10.9. The highest BCUT2D eigenvalue weighted by Crippen LogP contribution is 2.30. The number of piperidine rings is 1. The maximum atomic E-state index is 10.9. The number of hydrogen-bond donors (Lipinski definition) is 1. The fourth-order valence-electron chi connectivity index (χ4n) is 2.39. The molecule has 2 heterocycles. The summed E-state index contributed by atoms with van der Waals surface area (Å²) in [6.45, 7) is 2.78. The van der Waals surface area contributed by atoms with E-state index in [9.17, 15) is 10.1 Å². The minimum atomic E-state index is -0.434. The van der Waals surface area contributed by atoms with E-state index in [0.29, 0.717) is 5.82 Å². The Morgan fingerprint density at radius 3 is 2.94 bits per heavy atom.